The quantitative estimate of drug-likeness (QED) is 0.819. The number of sulfonamides is 1. The van der Waals surface area contributed by atoms with Gasteiger partial charge in [0.1, 0.15) is 21.4 Å². The van der Waals surface area contributed by atoms with E-state index in [1.165, 1.54) is 37.7 Å². The van der Waals surface area contributed by atoms with E-state index < -0.39 is 10.0 Å². The van der Waals surface area contributed by atoms with Gasteiger partial charge in [-0.1, -0.05) is 25.2 Å². The fourth-order valence-corrected chi connectivity index (χ4v) is 4.26. The number of nitrogens with one attached hydrogen (secondary N) is 1. The topological polar surface area (TPSA) is 90.4 Å². The van der Waals surface area contributed by atoms with Gasteiger partial charge < -0.3 is 9.47 Å². The predicted molar refractivity (Wildman–Crippen MR) is 88.8 cm³/mol. The number of ether oxygens (including phenoxy) is 2. The molecule has 0 bridgehead atoms. The van der Waals surface area contributed by atoms with Crippen LogP contribution in [0.1, 0.15) is 18.9 Å². The Labute approximate surface area is 139 Å². The third-order valence-electron chi connectivity index (χ3n) is 2.93. The summed E-state index contributed by atoms with van der Waals surface area (Å²) in [5.74, 6) is 1.07. The summed E-state index contributed by atoms with van der Waals surface area (Å²) in [4.78, 5) is -0.0139. The molecule has 0 aliphatic heterocycles. The molecular weight excluding hydrogens is 338 g/mol. The zero-order chi connectivity index (χ0) is 17.0. The van der Waals surface area contributed by atoms with E-state index >= 15 is 0 Å². The molecule has 0 aliphatic carbocycles. The van der Waals surface area contributed by atoms with Crippen LogP contribution in [-0.4, -0.2) is 32.8 Å². The van der Waals surface area contributed by atoms with Crippen LogP contribution >= 0.6 is 11.3 Å². The largest absolute Gasteiger partial charge is 0.497 e. The van der Waals surface area contributed by atoms with Crippen LogP contribution in [0.4, 0.5) is 5.13 Å². The van der Waals surface area contributed by atoms with Gasteiger partial charge in [-0.3, -0.25) is 4.72 Å². The van der Waals surface area contributed by atoms with Crippen molar-refractivity contribution in [1.29, 1.82) is 0 Å². The maximum atomic E-state index is 12.6. The zero-order valence-corrected chi connectivity index (χ0v) is 15.0. The molecule has 0 saturated carbocycles. The average molecular weight is 357 g/mol. The molecule has 2 rings (SSSR count). The summed E-state index contributed by atoms with van der Waals surface area (Å²) < 4.78 is 37.8. The number of rotatable bonds is 7. The molecule has 0 aliphatic rings. The van der Waals surface area contributed by atoms with E-state index in [-0.39, 0.29) is 15.8 Å². The third kappa shape index (κ3) is 4.32. The number of methoxy groups -OCH3 is 2. The van der Waals surface area contributed by atoms with E-state index in [1.807, 2.05) is 0 Å². The average Bonchev–Trinajstić information content (AvgIpc) is 2.91. The van der Waals surface area contributed by atoms with Crippen LogP contribution < -0.4 is 14.2 Å². The lowest BCUT2D eigenvalue weighted by molar-refractivity contribution is 0.392. The molecule has 1 aromatic heterocycles. The van der Waals surface area contributed by atoms with Crippen LogP contribution in [-0.2, 0) is 16.4 Å². The first-order chi connectivity index (χ1) is 10.9. The summed E-state index contributed by atoms with van der Waals surface area (Å²) in [6.45, 7) is 4.12. The van der Waals surface area contributed by atoms with Gasteiger partial charge in [-0.25, -0.2) is 8.42 Å². The summed E-state index contributed by atoms with van der Waals surface area (Å²) in [5.41, 5.74) is 0. The molecule has 0 radical (unpaired) electrons. The van der Waals surface area contributed by atoms with Crippen molar-refractivity contribution in [3.63, 3.8) is 0 Å². The molecule has 2 aromatic rings. The van der Waals surface area contributed by atoms with Crippen molar-refractivity contribution in [1.82, 2.24) is 10.2 Å². The summed E-state index contributed by atoms with van der Waals surface area (Å²) in [5, 5.41) is 8.89. The first-order valence-corrected chi connectivity index (χ1v) is 9.23. The molecule has 9 heteroatoms. The fraction of sp³-hybridized carbons (Fsp3) is 0.429. The molecule has 1 aromatic carbocycles. The molecule has 1 N–H and O–H groups in total. The maximum absolute atomic E-state index is 12.6. The van der Waals surface area contributed by atoms with Gasteiger partial charge in [-0.05, 0) is 18.1 Å². The van der Waals surface area contributed by atoms with Gasteiger partial charge in [0.15, 0.2) is 0 Å². The van der Waals surface area contributed by atoms with Crippen LogP contribution in [0.25, 0.3) is 0 Å². The Morgan fingerprint density at radius 3 is 2.57 bits per heavy atom. The summed E-state index contributed by atoms with van der Waals surface area (Å²) in [7, 11) is -0.975. The monoisotopic (exact) mass is 357 g/mol. The molecule has 1 heterocycles. The molecule has 0 atom stereocenters. The first kappa shape index (κ1) is 17.5. The van der Waals surface area contributed by atoms with Crippen molar-refractivity contribution < 1.29 is 17.9 Å². The molecule has 0 amide bonds. The normalized spacial score (nSPS) is 11.5. The molecule has 0 saturated heterocycles. The molecule has 7 nitrogen and oxygen atoms in total. The molecule has 126 valence electrons. The van der Waals surface area contributed by atoms with Crippen molar-refractivity contribution in [2.45, 2.75) is 25.2 Å². The van der Waals surface area contributed by atoms with Crippen LogP contribution in [0.3, 0.4) is 0 Å². The highest BCUT2D eigenvalue weighted by Crippen LogP contribution is 2.30. The number of nitrogens with zero attached hydrogens (tertiary/aromatic N) is 2. The first-order valence-electron chi connectivity index (χ1n) is 6.93. The van der Waals surface area contributed by atoms with E-state index in [4.69, 9.17) is 9.47 Å². The van der Waals surface area contributed by atoms with Gasteiger partial charge in [0.2, 0.25) is 5.13 Å². The smallest absolute Gasteiger partial charge is 0.267 e. The lowest BCUT2D eigenvalue weighted by Crippen LogP contribution is -2.14. The Morgan fingerprint density at radius 1 is 1.22 bits per heavy atom. The highest BCUT2D eigenvalue weighted by atomic mass is 32.2. The van der Waals surface area contributed by atoms with E-state index in [9.17, 15) is 8.42 Å². The van der Waals surface area contributed by atoms with Crippen molar-refractivity contribution in [3.05, 3.63) is 23.2 Å². The lowest BCUT2D eigenvalue weighted by atomic mass is 10.1. The Morgan fingerprint density at radius 2 is 1.96 bits per heavy atom. The summed E-state index contributed by atoms with van der Waals surface area (Å²) >= 11 is 1.22. The Hall–Kier alpha value is -1.87. The van der Waals surface area contributed by atoms with Gasteiger partial charge in [0.05, 0.1) is 14.2 Å². The Bertz CT molecular complexity index is 772. The van der Waals surface area contributed by atoms with Gasteiger partial charge >= 0.3 is 0 Å². The molecule has 23 heavy (non-hydrogen) atoms. The minimum Gasteiger partial charge on any atom is -0.497 e. The van der Waals surface area contributed by atoms with Gasteiger partial charge in [-0.2, -0.15) is 0 Å². The minimum atomic E-state index is -3.85. The number of aromatic nitrogens is 2. The lowest BCUT2D eigenvalue weighted by Gasteiger charge is -2.11. The van der Waals surface area contributed by atoms with Gasteiger partial charge in [-0.15, -0.1) is 10.2 Å². The minimum absolute atomic E-state index is 0.0139. The van der Waals surface area contributed by atoms with E-state index in [1.54, 1.807) is 6.07 Å². The predicted octanol–water partition coefficient (Wildman–Crippen LogP) is 2.55. The second-order valence-electron chi connectivity index (χ2n) is 5.22. The standard InChI is InChI=1S/C14H19N3O4S2/c1-9(2)7-13-15-16-14(22-13)17-23(18,19)12-8-10(20-3)5-6-11(12)21-4/h5-6,8-9H,7H2,1-4H3,(H,16,17). The summed E-state index contributed by atoms with van der Waals surface area (Å²) in [6.07, 6.45) is 0.752. The molecule has 0 spiro atoms. The highest BCUT2D eigenvalue weighted by molar-refractivity contribution is 7.93. The number of benzene rings is 1. The van der Waals surface area contributed by atoms with E-state index in [0.29, 0.717) is 11.7 Å². The SMILES string of the molecule is COc1ccc(OC)c(S(=O)(=O)Nc2nnc(CC(C)C)s2)c1. The van der Waals surface area contributed by atoms with Crippen LogP contribution in [0.15, 0.2) is 23.1 Å². The third-order valence-corrected chi connectivity index (χ3v) is 5.28. The van der Waals surface area contributed by atoms with Gasteiger partial charge in [0, 0.05) is 12.5 Å². The van der Waals surface area contributed by atoms with Crippen molar-refractivity contribution in [2.75, 3.05) is 18.9 Å². The summed E-state index contributed by atoms with van der Waals surface area (Å²) in [6, 6.07) is 4.57. The fourth-order valence-electron chi connectivity index (χ4n) is 1.89. The maximum Gasteiger partial charge on any atom is 0.267 e. The Kier molecular flexibility index (Phi) is 5.42. The van der Waals surface area contributed by atoms with Crippen LogP contribution in [0.5, 0.6) is 11.5 Å². The highest BCUT2D eigenvalue weighted by Gasteiger charge is 2.22. The second kappa shape index (κ2) is 7.14. The number of hydrogen-bond donors (Lipinski definition) is 1. The van der Waals surface area contributed by atoms with Crippen molar-refractivity contribution in [3.8, 4) is 11.5 Å². The Balaban J connectivity index is 2.30. The molecular formula is C14H19N3O4S2. The van der Waals surface area contributed by atoms with E-state index in [2.05, 4.69) is 28.8 Å². The zero-order valence-electron chi connectivity index (χ0n) is 13.4. The second-order valence-corrected chi connectivity index (χ2v) is 7.93. The van der Waals surface area contributed by atoms with Gasteiger partial charge in [0.25, 0.3) is 10.0 Å². The number of hydrogen-bond acceptors (Lipinski definition) is 7. The van der Waals surface area contributed by atoms with Crippen LogP contribution in [0, 0.1) is 5.92 Å². The van der Waals surface area contributed by atoms with Crippen LogP contribution in [0.2, 0.25) is 0 Å². The van der Waals surface area contributed by atoms with Crippen molar-refractivity contribution >= 4 is 26.5 Å². The molecule has 0 fully saturated rings. The van der Waals surface area contributed by atoms with E-state index in [0.717, 1.165) is 11.4 Å². The number of anilines is 1. The van der Waals surface area contributed by atoms with Crippen molar-refractivity contribution in [2.24, 2.45) is 5.92 Å². The molecule has 0 unspecified atom stereocenters.